The van der Waals surface area contributed by atoms with Gasteiger partial charge in [-0.2, -0.15) is 0 Å². The van der Waals surface area contributed by atoms with Gasteiger partial charge in [-0.25, -0.2) is 0 Å². The van der Waals surface area contributed by atoms with Gasteiger partial charge < -0.3 is 10.1 Å². The van der Waals surface area contributed by atoms with Crippen LogP contribution in [-0.2, 0) is 11.2 Å². The summed E-state index contributed by atoms with van der Waals surface area (Å²) in [5, 5.41) is 2.59. The van der Waals surface area contributed by atoms with E-state index in [0.29, 0.717) is 6.42 Å². The smallest absolute Gasteiger partial charge is 0.224 e. The Morgan fingerprint density at radius 1 is 1.50 bits per heavy atom. The highest BCUT2D eigenvalue weighted by molar-refractivity contribution is 5.79. The summed E-state index contributed by atoms with van der Waals surface area (Å²) < 4.78 is 5.17. The second-order valence-corrected chi connectivity index (χ2v) is 3.17. The number of carbonyl (C=O) groups excluding carboxylic acids is 1. The van der Waals surface area contributed by atoms with Gasteiger partial charge in [-0.05, 0) is 13.0 Å². The fourth-order valence-corrected chi connectivity index (χ4v) is 1.31. The minimum Gasteiger partial charge on any atom is -0.496 e. The van der Waals surface area contributed by atoms with Crippen molar-refractivity contribution >= 4 is 5.91 Å². The number of aryl methyl sites for hydroxylation is 1. The zero-order valence-electron chi connectivity index (χ0n) is 8.76. The number of carbonyl (C=O) groups is 1. The highest BCUT2D eigenvalue weighted by atomic mass is 16.5. The third-order valence-corrected chi connectivity index (χ3v) is 2.07. The van der Waals surface area contributed by atoms with Crippen molar-refractivity contribution < 1.29 is 9.53 Å². The lowest BCUT2D eigenvalue weighted by atomic mass is 10.1. The summed E-state index contributed by atoms with van der Waals surface area (Å²) in [7, 11) is 3.24. The van der Waals surface area contributed by atoms with Gasteiger partial charge in [0.1, 0.15) is 5.75 Å². The fourth-order valence-electron chi connectivity index (χ4n) is 1.31. The van der Waals surface area contributed by atoms with Crippen molar-refractivity contribution in [3.63, 3.8) is 0 Å². The van der Waals surface area contributed by atoms with Gasteiger partial charge in [0.25, 0.3) is 0 Å². The molecule has 1 N–H and O–H groups in total. The van der Waals surface area contributed by atoms with E-state index in [1.54, 1.807) is 14.2 Å². The molecule has 3 heteroatoms. The molecule has 3 nitrogen and oxygen atoms in total. The molecule has 0 aliphatic carbocycles. The largest absolute Gasteiger partial charge is 0.496 e. The summed E-state index contributed by atoms with van der Waals surface area (Å²) in [5.74, 6) is 0.758. The molecule has 1 aromatic carbocycles. The Hall–Kier alpha value is -1.51. The van der Waals surface area contributed by atoms with Crippen molar-refractivity contribution in [1.82, 2.24) is 5.32 Å². The van der Waals surface area contributed by atoms with E-state index in [2.05, 4.69) is 5.32 Å². The number of hydrogen-bond donors (Lipinski definition) is 1. The third kappa shape index (κ3) is 2.49. The molecular weight excluding hydrogens is 178 g/mol. The molecule has 1 aromatic rings. The number of benzene rings is 1. The summed E-state index contributed by atoms with van der Waals surface area (Å²) in [6.07, 6.45) is 0.362. The van der Waals surface area contributed by atoms with Gasteiger partial charge in [0.05, 0.1) is 13.5 Å². The maximum Gasteiger partial charge on any atom is 0.224 e. The van der Waals surface area contributed by atoms with Crippen LogP contribution in [0.3, 0.4) is 0 Å². The first-order valence-corrected chi connectivity index (χ1v) is 4.51. The maximum atomic E-state index is 11.2. The molecule has 1 amide bonds. The van der Waals surface area contributed by atoms with Crippen LogP contribution < -0.4 is 10.1 Å². The molecule has 0 unspecified atom stereocenters. The van der Waals surface area contributed by atoms with E-state index < -0.39 is 0 Å². The SMILES string of the molecule is CNC(=O)Cc1cc(C)ccc1OC. The Morgan fingerprint density at radius 3 is 2.79 bits per heavy atom. The Labute approximate surface area is 84.1 Å². The van der Waals surface area contributed by atoms with Crippen LogP contribution in [-0.4, -0.2) is 20.1 Å². The number of likely N-dealkylation sites (N-methyl/N-ethyl adjacent to an activating group) is 1. The van der Waals surface area contributed by atoms with Crippen molar-refractivity contribution in [2.24, 2.45) is 0 Å². The molecule has 1 rings (SSSR count). The van der Waals surface area contributed by atoms with Crippen LogP contribution in [0.15, 0.2) is 18.2 Å². The maximum absolute atomic E-state index is 11.2. The van der Waals surface area contributed by atoms with Gasteiger partial charge >= 0.3 is 0 Å². The lowest BCUT2D eigenvalue weighted by Crippen LogP contribution is -2.20. The van der Waals surface area contributed by atoms with Gasteiger partial charge in [-0.1, -0.05) is 17.7 Å². The molecule has 0 atom stereocenters. The Morgan fingerprint density at radius 2 is 2.21 bits per heavy atom. The monoisotopic (exact) mass is 193 g/mol. The zero-order chi connectivity index (χ0) is 10.6. The summed E-state index contributed by atoms with van der Waals surface area (Å²) in [6, 6.07) is 5.81. The van der Waals surface area contributed by atoms with Crippen molar-refractivity contribution in [2.45, 2.75) is 13.3 Å². The van der Waals surface area contributed by atoms with Crippen molar-refractivity contribution in [3.05, 3.63) is 29.3 Å². The predicted molar refractivity (Wildman–Crippen MR) is 55.5 cm³/mol. The summed E-state index contributed by atoms with van der Waals surface area (Å²) in [6.45, 7) is 1.99. The van der Waals surface area contributed by atoms with Gasteiger partial charge in [0, 0.05) is 12.6 Å². The summed E-state index contributed by atoms with van der Waals surface area (Å²) in [4.78, 5) is 11.2. The molecule has 76 valence electrons. The average Bonchev–Trinajstić information content (AvgIpc) is 2.18. The van der Waals surface area contributed by atoms with Crippen LogP contribution in [0.2, 0.25) is 0 Å². The molecule has 14 heavy (non-hydrogen) atoms. The first kappa shape index (κ1) is 10.6. The first-order valence-electron chi connectivity index (χ1n) is 4.51. The zero-order valence-corrected chi connectivity index (χ0v) is 8.76. The molecule has 0 aliphatic heterocycles. The minimum atomic E-state index is -0.00565. The molecular formula is C11H15NO2. The standard InChI is InChI=1S/C11H15NO2/c1-8-4-5-10(14-3)9(6-8)7-11(13)12-2/h4-6H,7H2,1-3H3,(H,12,13). The molecule has 0 bridgehead atoms. The summed E-state index contributed by atoms with van der Waals surface area (Å²) in [5.41, 5.74) is 2.05. The molecule has 0 aromatic heterocycles. The molecule has 0 aliphatic rings. The van der Waals surface area contributed by atoms with Crippen molar-refractivity contribution in [1.29, 1.82) is 0 Å². The number of nitrogens with one attached hydrogen (secondary N) is 1. The Bertz CT molecular complexity index is 334. The molecule has 0 heterocycles. The predicted octanol–water partition coefficient (Wildman–Crippen LogP) is 1.29. The lowest BCUT2D eigenvalue weighted by Gasteiger charge is -2.08. The van der Waals surface area contributed by atoms with Crippen LogP contribution in [0, 0.1) is 6.92 Å². The molecule has 0 saturated carbocycles. The van der Waals surface area contributed by atoms with Crippen molar-refractivity contribution in [2.75, 3.05) is 14.2 Å². The highest BCUT2D eigenvalue weighted by Gasteiger charge is 2.06. The molecule has 0 saturated heterocycles. The van der Waals surface area contributed by atoms with E-state index in [1.807, 2.05) is 25.1 Å². The first-order chi connectivity index (χ1) is 6.67. The van der Waals surface area contributed by atoms with E-state index in [9.17, 15) is 4.79 Å². The Balaban J connectivity index is 2.93. The van der Waals surface area contributed by atoms with Crippen LogP contribution in [0.4, 0.5) is 0 Å². The van der Waals surface area contributed by atoms with Gasteiger partial charge in [-0.3, -0.25) is 4.79 Å². The number of hydrogen-bond acceptors (Lipinski definition) is 2. The van der Waals surface area contributed by atoms with Crippen LogP contribution in [0.5, 0.6) is 5.75 Å². The van der Waals surface area contributed by atoms with Crippen molar-refractivity contribution in [3.8, 4) is 5.75 Å². The second-order valence-electron chi connectivity index (χ2n) is 3.17. The fraction of sp³-hybridized carbons (Fsp3) is 0.364. The van der Waals surface area contributed by atoms with E-state index in [0.717, 1.165) is 16.9 Å². The van der Waals surface area contributed by atoms with Gasteiger partial charge in [0.15, 0.2) is 0 Å². The number of amides is 1. The van der Waals surface area contributed by atoms with Gasteiger partial charge in [-0.15, -0.1) is 0 Å². The second kappa shape index (κ2) is 4.65. The van der Waals surface area contributed by atoms with Crippen LogP contribution in [0.25, 0.3) is 0 Å². The highest BCUT2D eigenvalue weighted by Crippen LogP contribution is 2.19. The van der Waals surface area contributed by atoms with Crippen LogP contribution >= 0.6 is 0 Å². The van der Waals surface area contributed by atoms with E-state index >= 15 is 0 Å². The van der Waals surface area contributed by atoms with Crippen LogP contribution in [0.1, 0.15) is 11.1 Å². The molecule has 0 spiro atoms. The number of rotatable bonds is 3. The molecule has 0 fully saturated rings. The lowest BCUT2D eigenvalue weighted by molar-refractivity contribution is -0.119. The minimum absolute atomic E-state index is 0.00565. The van der Waals surface area contributed by atoms with E-state index in [-0.39, 0.29) is 5.91 Å². The number of methoxy groups -OCH3 is 1. The Kier molecular flexibility index (Phi) is 3.51. The normalized spacial score (nSPS) is 9.64. The van der Waals surface area contributed by atoms with Gasteiger partial charge in [0.2, 0.25) is 5.91 Å². The third-order valence-electron chi connectivity index (χ3n) is 2.07. The molecule has 0 radical (unpaired) electrons. The quantitative estimate of drug-likeness (QED) is 0.785. The summed E-state index contributed by atoms with van der Waals surface area (Å²) >= 11 is 0. The number of ether oxygens (including phenoxy) is 1. The van der Waals surface area contributed by atoms with E-state index in [1.165, 1.54) is 0 Å². The topological polar surface area (TPSA) is 38.3 Å². The average molecular weight is 193 g/mol. The van der Waals surface area contributed by atoms with E-state index in [4.69, 9.17) is 4.74 Å².